The Labute approximate surface area is 73.6 Å². The summed E-state index contributed by atoms with van der Waals surface area (Å²) in [7, 11) is 0. The Kier molecular flexibility index (Phi) is 2.13. The van der Waals surface area contributed by atoms with E-state index in [9.17, 15) is 0 Å². The van der Waals surface area contributed by atoms with Crippen molar-refractivity contribution in [2.45, 2.75) is 18.9 Å². The van der Waals surface area contributed by atoms with Crippen molar-refractivity contribution in [2.75, 3.05) is 0 Å². The monoisotopic (exact) mass is 161 g/mol. The maximum atomic E-state index is 6.02. The highest BCUT2D eigenvalue weighted by atomic mass is 14.6. The van der Waals surface area contributed by atoms with Gasteiger partial charge >= 0.3 is 0 Å². The molecule has 1 heteroatoms. The van der Waals surface area contributed by atoms with Crippen LogP contribution in [0.1, 0.15) is 12.8 Å². The number of hydrogen-bond acceptors (Lipinski definition) is 1. The van der Waals surface area contributed by atoms with Gasteiger partial charge in [0.05, 0.1) is 0 Å². The van der Waals surface area contributed by atoms with Gasteiger partial charge in [-0.2, -0.15) is 0 Å². The minimum atomic E-state index is 0.221. The van der Waals surface area contributed by atoms with Gasteiger partial charge in [-0.15, -0.1) is 0 Å². The molecule has 0 saturated carbocycles. The molecule has 2 aliphatic carbocycles. The number of fused-ring (bicyclic) bond motifs is 1. The lowest BCUT2D eigenvalue weighted by Crippen LogP contribution is -2.31. The lowest BCUT2D eigenvalue weighted by atomic mass is 9.82. The third-order valence-electron chi connectivity index (χ3n) is 2.77. The van der Waals surface area contributed by atoms with E-state index in [4.69, 9.17) is 5.73 Å². The van der Waals surface area contributed by atoms with E-state index >= 15 is 0 Å². The molecule has 0 aromatic carbocycles. The van der Waals surface area contributed by atoms with E-state index in [1.54, 1.807) is 0 Å². The first-order valence-electron chi connectivity index (χ1n) is 4.65. The zero-order valence-electron chi connectivity index (χ0n) is 7.19. The topological polar surface area (TPSA) is 26.0 Å². The zero-order chi connectivity index (χ0) is 8.39. The van der Waals surface area contributed by atoms with Crippen LogP contribution in [0.3, 0.4) is 0 Å². The molecule has 2 rings (SSSR count). The first-order valence-corrected chi connectivity index (χ1v) is 4.65. The van der Waals surface area contributed by atoms with Crippen molar-refractivity contribution in [3.05, 3.63) is 36.5 Å². The van der Waals surface area contributed by atoms with E-state index < -0.39 is 0 Å². The first kappa shape index (κ1) is 7.81. The molecule has 0 amide bonds. The van der Waals surface area contributed by atoms with Crippen LogP contribution in [0.5, 0.6) is 0 Å². The molecule has 0 aromatic rings. The second kappa shape index (κ2) is 3.28. The van der Waals surface area contributed by atoms with Crippen LogP contribution in [0.4, 0.5) is 0 Å². The fourth-order valence-electron chi connectivity index (χ4n) is 2.04. The molecule has 12 heavy (non-hydrogen) atoms. The molecule has 3 atom stereocenters. The van der Waals surface area contributed by atoms with Gasteiger partial charge in [0.2, 0.25) is 0 Å². The Balaban J connectivity index is 2.20. The molecular weight excluding hydrogens is 146 g/mol. The highest BCUT2D eigenvalue weighted by molar-refractivity contribution is 5.19. The van der Waals surface area contributed by atoms with E-state index in [1.807, 2.05) is 0 Å². The number of rotatable bonds is 0. The summed E-state index contributed by atoms with van der Waals surface area (Å²) in [5.41, 5.74) is 6.02. The molecule has 2 aliphatic rings. The van der Waals surface area contributed by atoms with Crippen molar-refractivity contribution >= 4 is 0 Å². The second-order valence-corrected chi connectivity index (χ2v) is 3.59. The van der Waals surface area contributed by atoms with Crippen LogP contribution in [0.15, 0.2) is 36.5 Å². The maximum Gasteiger partial charge on any atom is 0.0293 e. The predicted molar refractivity (Wildman–Crippen MR) is 51.6 cm³/mol. The Hall–Kier alpha value is -0.820. The van der Waals surface area contributed by atoms with Crippen molar-refractivity contribution in [2.24, 2.45) is 17.6 Å². The fraction of sp³-hybridized carbons (Fsp3) is 0.455. The molecule has 2 N–H and O–H groups in total. The third-order valence-corrected chi connectivity index (χ3v) is 2.77. The molecular formula is C11H15N. The van der Waals surface area contributed by atoms with Crippen molar-refractivity contribution in [1.29, 1.82) is 0 Å². The van der Waals surface area contributed by atoms with E-state index in [2.05, 4.69) is 36.5 Å². The second-order valence-electron chi connectivity index (χ2n) is 3.59. The van der Waals surface area contributed by atoms with Crippen molar-refractivity contribution in [3.8, 4) is 0 Å². The molecule has 0 aliphatic heterocycles. The number of hydrogen-bond donors (Lipinski definition) is 1. The minimum absolute atomic E-state index is 0.221. The Morgan fingerprint density at radius 3 is 2.83 bits per heavy atom. The Morgan fingerprint density at radius 1 is 1.08 bits per heavy atom. The molecule has 0 fully saturated rings. The summed E-state index contributed by atoms with van der Waals surface area (Å²) in [5, 5.41) is 0. The van der Waals surface area contributed by atoms with Gasteiger partial charge in [0.15, 0.2) is 0 Å². The van der Waals surface area contributed by atoms with Crippen LogP contribution in [0.25, 0.3) is 0 Å². The van der Waals surface area contributed by atoms with Crippen molar-refractivity contribution in [1.82, 2.24) is 0 Å². The van der Waals surface area contributed by atoms with Crippen LogP contribution in [-0.4, -0.2) is 6.04 Å². The van der Waals surface area contributed by atoms with Gasteiger partial charge in [0.25, 0.3) is 0 Å². The summed E-state index contributed by atoms with van der Waals surface area (Å²) in [6.07, 6.45) is 15.6. The standard InChI is InChI=1S/C11H15N/c12-11-8-4-2-6-9-5-1-3-7-10(9)11/h1,3-5,7-11H,2,6,12H2. The summed E-state index contributed by atoms with van der Waals surface area (Å²) in [6.45, 7) is 0. The maximum absolute atomic E-state index is 6.02. The molecule has 0 spiro atoms. The summed E-state index contributed by atoms with van der Waals surface area (Å²) >= 11 is 0. The average molecular weight is 161 g/mol. The average Bonchev–Trinajstić information content (AvgIpc) is 2.29. The van der Waals surface area contributed by atoms with Crippen LogP contribution >= 0.6 is 0 Å². The third kappa shape index (κ3) is 1.37. The summed E-state index contributed by atoms with van der Waals surface area (Å²) in [5.74, 6) is 1.20. The van der Waals surface area contributed by atoms with Crippen molar-refractivity contribution < 1.29 is 0 Å². The molecule has 0 bridgehead atoms. The summed E-state index contributed by atoms with van der Waals surface area (Å²) < 4.78 is 0. The van der Waals surface area contributed by atoms with Gasteiger partial charge < -0.3 is 5.73 Å². The molecule has 3 unspecified atom stereocenters. The predicted octanol–water partition coefficient (Wildman–Crippen LogP) is 2.02. The van der Waals surface area contributed by atoms with Crippen LogP contribution in [0.2, 0.25) is 0 Å². The molecule has 0 aromatic heterocycles. The lowest BCUT2D eigenvalue weighted by molar-refractivity contribution is 0.421. The molecule has 64 valence electrons. The van der Waals surface area contributed by atoms with Crippen molar-refractivity contribution in [3.63, 3.8) is 0 Å². The molecule has 1 nitrogen and oxygen atoms in total. The highest BCUT2D eigenvalue weighted by Crippen LogP contribution is 2.29. The molecule has 0 heterocycles. The number of allylic oxidation sites excluding steroid dienone is 4. The minimum Gasteiger partial charge on any atom is -0.324 e. The SMILES string of the molecule is NC1C=CCCC2C=CC=CC12. The quantitative estimate of drug-likeness (QED) is 0.540. The summed E-state index contributed by atoms with van der Waals surface area (Å²) in [6, 6.07) is 0.221. The van der Waals surface area contributed by atoms with E-state index in [-0.39, 0.29) is 6.04 Å². The van der Waals surface area contributed by atoms with E-state index in [0.717, 1.165) is 0 Å². The smallest absolute Gasteiger partial charge is 0.0293 e. The van der Waals surface area contributed by atoms with Crippen LogP contribution in [-0.2, 0) is 0 Å². The first-order chi connectivity index (χ1) is 5.88. The van der Waals surface area contributed by atoms with Gasteiger partial charge in [-0.1, -0.05) is 36.5 Å². The molecule has 0 saturated heterocycles. The van der Waals surface area contributed by atoms with Gasteiger partial charge in [0, 0.05) is 12.0 Å². The Morgan fingerprint density at radius 2 is 1.92 bits per heavy atom. The van der Waals surface area contributed by atoms with E-state index in [1.165, 1.54) is 12.8 Å². The van der Waals surface area contributed by atoms with Gasteiger partial charge in [-0.05, 0) is 18.8 Å². The van der Waals surface area contributed by atoms with Gasteiger partial charge in [-0.25, -0.2) is 0 Å². The normalized spacial score (nSPS) is 39.2. The lowest BCUT2D eigenvalue weighted by Gasteiger charge is -2.25. The largest absolute Gasteiger partial charge is 0.324 e. The van der Waals surface area contributed by atoms with Crippen LogP contribution < -0.4 is 5.73 Å². The van der Waals surface area contributed by atoms with Gasteiger partial charge in [0.1, 0.15) is 0 Å². The van der Waals surface area contributed by atoms with E-state index in [0.29, 0.717) is 11.8 Å². The summed E-state index contributed by atoms with van der Waals surface area (Å²) in [4.78, 5) is 0. The van der Waals surface area contributed by atoms with Gasteiger partial charge in [-0.3, -0.25) is 0 Å². The zero-order valence-corrected chi connectivity index (χ0v) is 7.19. The highest BCUT2D eigenvalue weighted by Gasteiger charge is 2.24. The molecule has 0 radical (unpaired) electrons. The fourth-order valence-corrected chi connectivity index (χ4v) is 2.04. The number of nitrogens with two attached hydrogens (primary N) is 1. The van der Waals surface area contributed by atoms with Crippen LogP contribution in [0, 0.1) is 11.8 Å². The Bertz CT molecular complexity index is 237.